The topological polar surface area (TPSA) is 30.5 Å². The Bertz CT molecular complexity index is 596. The summed E-state index contributed by atoms with van der Waals surface area (Å²) in [6.07, 6.45) is 0. The average molecular weight is 285 g/mol. The van der Waals surface area contributed by atoms with E-state index in [1.165, 1.54) is 11.1 Å². The molecule has 0 aliphatic rings. The Morgan fingerprint density at radius 2 is 1.86 bits per heavy atom. The van der Waals surface area contributed by atoms with Crippen molar-refractivity contribution in [1.29, 1.82) is 0 Å². The average Bonchev–Trinajstić information content (AvgIpc) is 2.53. The second-order valence-corrected chi connectivity index (χ2v) is 5.15. The van der Waals surface area contributed by atoms with Gasteiger partial charge in [0.25, 0.3) is 0 Å². The van der Waals surface area contributed by atoms with Crippen LogP contribution in [0.1, 0.15) is 29.7 Å². The molecule has 0 spiro atoms. The Balaban J connectivity index is 2.20. The molecule has 0 radical (unpaired) electrons. The molecular formula is C18H23NO2. The summed E-state index contributed by atoms with van der Waals surface area (Å²) in [6, 6.07) is 14.4. The SMILES string of the molecule is CNC(C)c1cc(C)ccc1OCc1ccccc1OC. The molecule has 2 aromatic rings. The fraction of sp³-hybridized carbons (Fsp3) is 0.333. The molecule has 3 nitrogen and oxygen atoms in total. The van der Waals surface area contributed by atoms with Crippen LogP contribution in [0, 0.1) is 6.92 Å². The van der Waals surface area contributed by atoms with Gasteiger partial charge >= 0.3 is 0 Å². The minimum atomic E-state index is 0.248. The summed E-state index contributed by atoms with van der Waals surface area (Å²) < 4.78 is 11.4. The van der Waals surface area contributed by atoms with Gasteiger partial charge in [-0.1, -0.05) is 35.9 Å². The Kier molecular flexibility index (Phi) is 5.23. The molecule has 0 bridgehead atoms. The Morgan fingerprint density at radius 3 is 2.57 bits per heavy atom. The molecule has 21 heavy (non-hydrogen) atoms. The van der Waals surface area contributed by atoms with Crippen molar-refractivity contribution < 1.29 is 9.47 Å². The lowest BCUT2D eigenvalue weighted by Crippen LogP contribution is -2.14. The number of hydrogen-bond donors (Lipinski definition) is 1. The van der Waals surface area contributed by atoms with Gasteiger partial charge in [0.05, 0.1) is 7.11 Å². The van der Waals surface area contributed by atoms with Crippen LogP contribution < -0.4 is 14.8 Å². The minimum Gasteiger partial charge on any atom is -0.496 e. The molecule has 0 saturated heterocycles. The number of methoxy groups -OCH3 is 1. The van der Waals surface area contributed by atoms with Crippen LogP contribution in [-0.4, -0.2) is 14.2 Å². The lowest BCUT2D eigenvalue weighted by atomic mass is 10.0. The molecule has 112 valence electrons. The molecule has 2 rings (SSSR count). The van der Waals surface area contributed by atoms with Gasteiger partial charge in [0, 0.05) is 17.2 Å². The van der Waals surface area contributed by atoms with Crippen molar-refractivity contribution in [1.82, 2.24) is 5.32 Å². The number of hydrogen-bond acceptors (Lipinski definition) is 3. The molecule has 0 heterocycles. The summed E-state index contributed by atoms with van der Waals surface area (Å²) in [6.45, 7) is 4.72. The fourth-order valence-electron chi connectivity index (χ4n) is 2.27. The molecule has 0 saturated carbocycles. The van der Waals surface area contributed by atoms with Crippen LogP contribution in [0.4, 0.5) is 0 Å². The van der Waals surface area contributed by atoms with Gasteiger partial charge in [0.2, 0.25) is 0 Å². The van der Waals surface area contributed by atoms with Crippen LogP contribution in [0.15, 0.2) is 42.5 Å². The molecule has 2 aromatic carbocycles. The van der Waals surface area contributed by atoms with Gasteiger partial charge in [-0.3, -0.25) is 0 Å². The van der Waals surface area contributed by atoms with Gasteiger partial charge < -0.3 is 14.8 Å². The third-order valence-corrected chi connectivity index (χ3v) is 3.64. The van der Waals surface area contributed by atoms with E-state index < -0.39 is 0 Å². The van der Waals surface area contributed by atoms with E-state index in [0.717, 1.165) is 17.1 Å². The molecule has 1 N–H and O–H groups in total. The molecular weight excluding hydrogens is 262 g/mol. The summed E-state index contributed by atoms with van der Waals surface area (Å²) in [5.74, 6) is 1.76. The largest absolute Gasteiger partial charge is 0.496 e. The summed E-state index contributed by atoms with van der Waals surface area (Å²) in [4.78, 5) is 0. The highest BCUT2D eigenvalue weighted by Crippen LogP contribution is 2.28. The van der Waals surface area contributed by atoms with E-state index in [-0.39, 0.29) is 6.04 Å². The highest BCUT2D eigenvalue weighted by molar-refractivity contribution is 5.40. The van der Waals surface area contributed by atoms with E-state index in [4.69, 9.17) is 9.47 Å². The van der Waals surface area contributed by atoms with E-state index in [2.05, 4.69) is 31.3 Å². The van der Waals surface area contributed by atoms with Crippen molar-refractivity contribution in [3.05, 3.63) is 59.2 Å². The van der Waals surface area contributed by atoms with Gasteiger partial charge in [0.1, 0.15) is 18.1 Å². The van der Waals surface area contributed by atoms with Crippen molar-refractivity contribution in [3.63, 3.8) is 0 Å². The zero-order valence-electron chi connectivity index (χ0n) is 13.1. The first-order valence-electron chi connectivity index (χ1n) is 7.18. The van der Waals surface area contributed by atoms with E-state index >= 15 is 0 Å². The quantitative estimate of drug-likeness (QED) is 0.874. The Morgan fingerprint density at radius 1 is 1.10 bits per heavy atom. The zero-order valence-corrected chi connectivity index (χ0v) is 13.1. The lowest BCUT2D eigenvalue weighted by molar-refractivity contribution is 0.291. The van der Waals surface area contributed by atoms with Crippen LogP contribution in [-0.2, 0) is 6.61 Å². The molecule has 0 aliphatic heterocycles. The van der Waals surface area contributed by atoms with Gasteiger partial charge in [0.15, 0.2) is 0 Å². The fourth-order valence-corrected chi connectivity index (χ4v) is 2.27. The summed E-state index contributed by atoms with van der Waals surface area (Å²) in [7, 11) is 3.64. The number of aryl methyl sites for hydroxylation is 1. The van der Waals surface area contributed by atoms with Crippen molar-refractivity contribution in [2.45, 2.75) is 26.5 Å². The van der Waals surface area contributed by atoms with Gasteiger partial charge in [-0.25, -0.2) is 0 Å². The Labute approximate surface area is 126 Å². The summed E-state index contributed by atoms with van der Waals surface area (Å²) >= 11 is 0. The van der Waals surface area contributed by atoms with Crippen LogP contribution >= 0.6 is 0 Å². The predicted molar refractivity (Wildman–Crippen MR) is 86.0 cm³/mol. The second kappa shape index (κ2) is 7.14. The van der Waals surface area contributed by atoms with Gasteiger partial charge in [-0.05, 0) is 33.0 Å². The lowest BCUT2D eigenvalue weighted by Gasteiger charge is -2.18. The van der Waals surface area contributed by atoms with Crippen LogP contribution in [0.5, 0.6) is 11.5 Å². The monoisotopic (exact) mass is 285 g/mol. The van der Waals surface area contributed by atoms with Crippen molar-refractivity contribution in [2.24, 2.45) is 0 Å². The van der Waals surface area contributed by atoms with Crippen LogP contribution in [0.25, 0.3) is 0 Å². The maximum Gasteiger partial charge on any atom is 0.125 e. The van der Waals surface area contributed by atoms with E-state index in [1.54, 1.807) is 7.11 Å². The maximum absolute atomic E-state index is 6.02. The summed E-state index contributed by atoms with van der Waals surface area (Å²) in [5, 5.41) is 3.26. The summed E-state index contributed by atoms with van der Waals surface area (Å²) in [5.41, 5.74) is 3.45. The molecule has 1 atom stereocenters. The standard InChI is InChI=1S/C18H23NO2/c1-13-9-10-18(16(11-13)14(2)19-3)21-12-15-7-5-6-8-17(15)20-4/h5-11,14,19H,12H2,1-4H3. The van der Waals surface area contributed by atoms with Crippen molar-refractivity contribution in [2.75, 3.05) is 14.2 Å². The third kappa shape index (κ3) is 3.76. The molecule has 0 aliphatic carbocycles. The molecule has 1 unspecified atom stereocenters. The number of rotatable bonds is 6. The van der Waals surface area contributed by atoms with E-state index in [1.807, 2.05) is 37.4 Å². The van der Waals surface area contributed by atoms with Gasteiger partial charge in [-0.2, -0.15) is 0 Å². The molecule has 0 aromatic heterocycles. The maximum atomic E-state index is 6.02. The van der Waals surface area contributed by atoms with E-state index in [9.17, 15) is 0 Å². The molecule has 3 heteroatoms. The number of ether oxygens (including phenoxy) is 2. The number of para-hydroxylation sites is 1. The smallest absolute Gasteiger partial charge is 0.125 e. The third-order valence-electron chi connectivity index (χ3n) is 3.64. The van der Waals surface area contributed by atoms with Crippen molar-refractivity contribution in [3.8, 4) is 11.5 Å². The minimum absolute atomic E-state index is 0.248. The first-order valence-corrected chi connectivity index (χ1v) is 7.18. The Hall–Kier alpha value is -2.00. The first-order chi connectivity index (χ1) is 10.2. The molecule has 0 fully saturated rings. The van der Waals surface area contributed by atoms with Crippen molar-refractivity contribution >= 4 is 0 Å². The number of nitrogens with one attached hydrogen (secondary N) is 1. The normalized spacial score (nSPS) is 12.0. The van der Waals surface area contributed by atoms with E-state index in [0.29, 0.717) is 6.61 Å². The zero-order chi connectivity index (χ0) is 15.2. The van der Waals surface area contributed by atoms with Crippen LogP contribution in [0.3, 0.4) is 0 Å². The first kappa shape index (κ1) is 15.4. The second-order valence-electron chi connectivity index (χ2n) is 5.15. The highest BCUT2D eigenvalue weighted by Gasteiger charge is 2.11. The van der Waals surface area contributed by atoms with Gasteiger partial charge in [-0.15, -0.1) is 0 Å². The predicted octanol–water partition coefficient (Wildman–Crippen LogP) is 3.86. The van der Waals surface area contributed by atoms with Crippen LogP contribution in [0.2, 0.25) is 0 Å². The molecule has 0 amide bonds. The number of benzene rings is 2. The highest BCUT2D eigenvalue weighted by atomic mass is 16.5.